The Bertz CT molecular complexity index is 649. The Morgan fingerprint density at radius 3 is 3.00 bits per heavy atom. The predicted molar refractivity (Wildman–Crippen MR) is 73.9 cm³/mol. The highest BCUT2D eigenvalue weighted by atomic mass is 32.1. The van der Waals surface area contributed by atoms with Gasteiger partial charge in [0.2, 0.25) is 12.3 Å². The summed E-state index contributed by atoms with van der Waals surface area (Å²) in [6.07, 6.45) is 3.21. The van der Waals surface area contributed by atoms with Gasteiger partial charge in [0.25, 0.3) is 0 Å². The highest BCUT2D eigenvalue weighted by molar-refractivity contribution is 7.09. The first-order valence-electron chi connectivity index (χ1n) is 5.81. The van der Waals surface area contributed by atoms with Crippen LogP contribution in [-0.2, 0) is 6.54 Å². The SMILES string of the molecule is Cc1cc(-c2nnco2)ccc1NCc1cncs1. The average Bonchev–Trinajstić information content (AvgIpc) is 3.10. The van der Waals surface area contributed by atoms with Gasteiger partial charge in [-0.15, -0.1) is 21.5 Å². The number of nitrogens with one attached hydrogen (secondary N) is 1. The molecule has 0 atom stereocenters. The van der Waals surface area contributed by atoms with Crippen molar-refractivity contribution < 1.29 is 4.42 Å². The number of aryl methyl sites for hydroxylation is 1. The van der Waals surface area contributed by atoms with E-state index in [9.17, 15) is 0 Å². The zero-order valence-corrected chi connectivity index (χ0v) is 11.1. The molecule has 0 bridgehead atoms. The van der Waals surface area contributed by atoms with Gasteiger partial charge in [-0.2, -0.15) is 0 Å². The maximum atomic E-state index is 5.18. The predicted octanol–water partition coefficient (Wildman–Crippen LogP) is 3.11. The number of hydrogen-bond donors (Lipinski definition) is 1. The molecule has 1 aromatic carbocycles. The van der Waals surface area contributed by atoms with E-state index in [1.165, 1.54) is 11.3 Å². The van der Waals surface area contributed by atoms with Crippen molar-refractivity contribution in [2.75, 3.05) is 5.32 Å². The van der Waals surface area contributed by atoms with E-state index in [1.807, 2.05) is 29.9 Å². The molecular weight excluding hydrogens is 260 g/mol. The minimum Gasteiger partial charge on any atom is -0.423 e. The largest absolute Gasteiger partial charge is 0.423 e. The molecule has 6 heteroatoms. The normalized spacial score (nSPS) is 10.6. The van der Waals surface area contributed by atoms with Gasteiger partial charge in [-0.25, -0.2) is 0 Å². The van der Waals surface area contributed by atoms with Crippen molar-refractivity contribution in [1.29, 1.82) is 0 Å². The molecule has 3 rings (SSSR count). The van der Waals surface area contributed by atoms with Crippen LogP contribution in [0.25, 0.3) is 11.5 Å². The Labute approximate surface area is 114 Å². The molecule has 0 fully saturated rings. The molecular formula is C13H12N4OS. The van der Waals surface area contributed by atoms with Crippen molar-refractivity contribution >= 4 is 17.0 Å². The monoisotopic (exact) mass is 272 g/mol. The van der Waals surface area contributed by atoms with Gasteiger partial charge in [-0.3, -0.25) is 4.98 Å². The van der Waals surface area contributed by atoms with E-state index >= 15 is 0 Å². The van der Waals surface area contributed by atoms with Gasteiger partial charge in [0, 0.05) is 22.3 Å². The third kappa shape index (κ3) is 2.63. The lowest BCUT2D eigenvalue weighted by atomic mass is 10.1. The molecule has 2 heterocycles. The summed E-state index contributed by atoms with van der Waals surface area (Å²) in [4.78, 5) is 5.26. The smallest absolute Gasteiger partial charge is 0.247 e. The summed E-state index contributed by atoms with van der Waals surface area (Å²) in [5.74, 6) is 0.539. The lowest BCUT2D eigenvalue weighted by Gasteiger charge is -2.09. The number of anilines is 1. The summed E-state index contributed by atoms with van der Waals surface area (Å²) < 4.78 is 5.18. The number of aromatic nitrogens is 3. The number of hydrogen-bond acceptors (Lipinski definition) is 6. The molecule has 0 aliphatic carbocycles. The zero-order chi connectivity index (χ0) is 13.1. The van der Waals surface area contributed by atoms with Crippen molar-refractivity contribution in [2.24, 2.45) is 0 Å². The average molecular weight is 272 g/mol. The van der Waals surface area contributed by atoms with Crippen LogP contribution >= 0.6 is 11.3 Å². The molecule has 0 unspecified atom stereocenters. The lowest BCUT2D eigenvalue weighted by molar-refractivity contribution is 0.568. The molecule has 0 saturated heterocycles. The first kappa shape index (κ1) is 11.9. The highest BCUT2D eigenvalue weighted by Crippen LogP contribution is 2.23. The first-order valence-corrected chi connectivity index (χ1v) is 6.69. The molecule has 0 spiro atoms. The fourth-order valence-corrected chi connectivity index (χ4v) is 2.34. The van der Waals surface area contributed by atoms with E-state index in [0.717, 1.165) is 23.4 Å². The fourth-order valence-electron chi connectivity index (χ4n) is 1.81. The third-order valence-electron chi connectivity index (χ3n) is 2.77. The van der Waals surface area contributed by atoms with E-state index < -0.39 is 0 Å². The van der Waals surface area contributed by atoms with Crippen molar-refractivity contribution in [3.63, 3.8) is 0 Å². The molecule has 0 aliphatic heterocycles. The Morgan fingerprint density at radius 1 is 1.37 bits per heavy atom. The van der Waals surface area contributed by atoms with E-state index in [2.05, 4.69) is 27.4 Å². The fraction of sp³-hybridized carbons (Fsp3) is 0.154. The van der Waals surface area contributed by atoms with Gasteiger partial charge in [0.05, 0.1) is 12.1 Å². The molecule has 0 amide bonds. The van der Waals surface area contributed by atoms with Crippen molar-refractivity contribution in [3.8, 4) is 11.5 Å². The maximum absolute atomic E-state index is 5.18. The summed E-state index contributed by atoms with van der Waals surface area (Å²) in [6.45, 7) is 2.83. The second kappa shape index (κ2) is 5.19. The van der Waals surface area contributed by atoms with Crippen LogP contribution in [0.5, 0.6) is 0 Å². The Hall–Kier alpha value is -2.21. The standard InChI is InChI=1S/C13H12N4OS/c1-9-4-10(13-17-16-7-18-13)2-3-12(9)15-6-11-5-14-8-19-11/h2-5,7-8,15H,6H2,1H3. The van der Waals surface area contributed by atoms with Crippen LogP contribution in [0, 0.1) is 6.92 Å². The van der Waals surface area contributed by atoms with Crippen LogP contribution in [0.4, 0.5) is 5.69 Å². The van der Waals surface area contributed by atoms with E-state index in [0.29, 0.717) is 5.89 Å². The van der Waals surface area contributed by atoms with Gasteiger partial charge < -0.3 is 9.73 Å². The quantitative estimate of drug-likeness (QED) is 0.790. The number of nitrogens with zero attached hydrogens (tertiary/aromatic N) is 3. The van der Waals surface area contributed by atoms with Gasteiger partial charge in [-0.1, -0.05) is 0 Å². The summed E-state index contributed by atoms with van der Waals surface area (Å²) >= 11 is 1.64. The van der Waals surface area contributed by atoms with Crippen molar-refractivity contribution in [1.82, 2.24) is 15.2 Å². The summed E-state index contributed by atoms with van der Waals surface area (Å²) in [6, 6.07) is 6.02. The summed E-state index contributed by atoms with van der Waals surface area (Å²) in [5.41, 5.74) is 5.00. The van der Waals surface area contributed by atoms with Crippen LogP contribution in [-0.4, -0.2) is 15.2 Å². The molecule has 5 nitrogen and oxygen atoms in total. The molecule has 2 aromatic heterocycles. The number of rotatable bonds is 4. The van der Waals surface area contributed by atoms with Gasteiger partial charge in [0.15, 0.2) is 0 Å². The highest BCUT2D eigenvalue weighted by Gasteiger charge is 2.06. The Morgan fingerprint density at radius 2 is 2.32 bits per heavy atom. The topological polar surface area (TPSA) is 63.8 Å². The van der Waals surface area contributed by atoms with E-state index in [-0.39, 0.29) is 0 Å². The molecule has 96 valence electrons. The van der Waals surface area contributed by atoms with Crippen LogP contribution < -0.4 is 5.32 Å². The minimum absolute atomic E-state index is 0.539. The first-order chi connectivity index (χ1) is 9.33. The van der Waals surface area contributed by atoms with Crippen LogP contribution in [0.1, 0.15) is 10.4 Å². The summed E-state index contributed by atoms with van der Waals surface area (Å²) in [7, 11) is 0. The Balaban J connectivity index is 1.76. The van der Waals surface area contributed by atoms with Crippen LogP contribution in [0.3, 0.4) is 0 Å². The van der Waals surface area contributed by atoms with E-state index in [1.54, 1.807) is 11.3 Å². The zero-order valence-electron chi connectivity index (χ0n) is 10.3. The molecule has 1 N–H and O–H groups in total. The molecule has 0 saturated carbocycles. The molecule has 19 heavy (non-hydrogen) atoms. The molecule has 3 aromatic rings. The maximum Gasteiger partial charge on any atom is 0.247 e. The van der Waals surface area contributed by atoms with Crippen LogP contribution in [0.2, 0.25) is 0 Å². The molecule has 0 aliphatic rings. The van der Waals surface area contributed by atoms with Gasteiger partial charge >= 0.3 is 0 Å². The second-order valence-electron chi connectivity index (χ2n) is 4.09. The van der Waals surface area contributed by atoms with E-state index in [4.69, 9.17) is 4.42 Å². The minimum atomic E-state index is 0.539. The van der Waals surface area contributed by atoms with Crippen molar-refractivity contribution in [2.45, 2.75) is 13.5 Å². The van der Waals surface area contributed by atoms with Gasteiger partial charge in [-0.05, 0) is 30.7 Å². The van der Waals surface area contributed by atoms with Gasteiger partial charge in [0.1, 0.15) is 0 Å². The molecule has 0 radical (unpaired) electrons. The van der Waals surface area contributed by atoms with Crippen LogP contribution in [0.15, 0.2) is 40.7 Å². The number of thiazole rings is 1. The lowest BCUT2D eigenvalue weighted by Crippen LogP contribution is -1.99. The Kier molecular flexibility index (Phi) is 3.24. The summed E-state index contributed by atoms with van der Waals surface area (Å²) in [5, 5.41) is 11.0. The second-order valence-corrected chi connectivity index (χ2v) is 5.07. The number of benzene rings is 1. The van der Waals surface area contributed by atoms with Crippen molar-refractivity contribution in [3.05, 3.63) is 46.7 Å². The third-order valence-corrected chi connectivity index (χ3v) is 3.55.